The Labute approximate surface area is 115 Å². The van der Waals surface area contributed by atoms with Crippen molar-refractivity contribution in [2.75, 3.05) is 6.61 Å². The van der Waals surface area contributed by atoms with Crippen molar-refractivity contribution in [3.63, 3.8) is 0 Å². The average molecular weight is 266 g/mol. The molecule has 1 aliphatic carbocycles. The topological polar surface area (TPSA) is 77.0 Å². The first-order chi connectivity index (χ1) is 9.12. The number of aryl methyl sites for hydroxylation is 3. The normalized spacial score (nSPS) is 27.1. The lowest BCUT2D eigenvalue weighted by atomic mass is 9.86. The monoisotopic (exact) mass is 266 g/mol. The van der Waals surface area contributed by atoms with E-state index in [0.717, 1.165) is 56.7 Å². The number of nitrogens with two attached hydrogens (primary N) is 1. The van der Waals surface area contributed by atoms with Crippen molar-refractivity contribution in [2.45, 2.75) is 64.5 Å². The highest BCUT2D eigenvalue weighted by atomic mass is 16.3. The molecule has 0 radical (unpaired) electrons. The van der Waals surface area contributed by atoms with Gasteiger partial charge in [-0.25, -0.2) is 9.67 Å². The zero-order valence-corrected chi connectivity index (χ0v) is 12.1. The first kappa shape index (κ1) is 14.5. The highest BCUT2D eigenvalue weighted by Crippen LogP contribution is 2.35. The predicted octanol–water partition coefficient (Wildman–Crippen LogP) is 1.28. The van der Waals surface area contributed by atoms with Crippen LogP contribution in [0.1, 0.15) is 51.2 Å². The Balaban J connectivity index is 2.00. The Morgan fingerprint density at radius 1 is 1.42 bits per heavy atom. The molecule has 0 amide bonds. The molecule has 2 rings (SSSR count). The van der Waals surface area contributed by atoms with Crippen LogP contribution in [-0.2, 0) is 19.4 Å². The SMILES string of the molecule is CCc1nc(CC)n(CCC2CCCC2(N)CO)n1. The summed E-state index contributed by atoms with van der Waals surface area (Å²) in [6.45, 7) is 5.14. The highest BCUT2D eigenvalue weighted by molar-refractivity contribution is 4.97. The number of aromatic nitrogens is 3. The summed E-state index contributed by atoms with van der Waals surface area (Å²) >= 11 is 0. The van der Waals surface area contributed by atoms with Crippen LogP contribution < -0.4 is 5.73 Å². The van der Waals surface area contributed by atoms with Crippen LogP contribution in [-0.4, -0.2) is 32.0 Å². The summed E-state index contributed by atoms with van der Waals surface area (Å²) in [5, 5.41) is 14.0. The summed E-state index contributed by atoms with van der Waals surface area (Å²) in [5.41, 5.74) is 5.90. The second-order valence-corrected chi connectivity index (χ2v) is 5.64. The Morgan fingerprint density at radius 3 is 2.84 bits per heavy atom. The molecule has 0 saturated heterocycles. The maximum atomic E-state index is 9.48. The summed E-state index contributed by atoms with van der Waals surface area (Å²) < 4.78 is 2.02. The lowest BCUT2D eigenvalue weighted by Crippen LogP contribution is -2.47. The van der Waals surface area contributed by atoms with Crippen molar-refractivity contribution in [2.24, 2.45) is 11.7 Å². The Morgan fingerprint density at radius 2 is 2.21 bits per heavy atom. The molecule has 3 N–H and O–H groups in total. The number of hydrogen-bond donors (Lipinski definition) is 2. The van der Waals surface area contributed by atoms with Crippen molar-refractivity contribution >= 4 is 0 Å². The number of nitrogens with zero attached hydrogens (tertiary/aromatic N) is 3. The van der Waals surface area contributed by atoms with Crippen molar-refractivity contribution < 1.29 is 5.11 Å². The van der Waals surface area contributed by atoms with E-state index in [1.165, 1.54) is 0 Å². The Kier molecular flexibility index (Phi) is 4.58. The van der Waals surface area contributed by atoms with E-state index in [2.05, 4.69) is 23.9 Å². The van der Waals surface area contributed by atoms with E-state index >= 15 is 0 Å². The lowest BCUT2D eigenvalue weighted by Gasteiger charge is -2.29. The van der Waals surface area contributed by atoms with Crippen molar-refractivity contribution in [3.05, 3.63) is 11.6 Å². The minimum atomic E-state index is -0.374. The van der Waals surface area contributed by atoms with Crippen LogP contribution in [0.4, 0.5) is 0 Å². The molecule has 1 heterocycles. The average Bonchev–Trinajstić information content (AvgIpc) is 3.00. The van der Waals surface area contributed by atoms with Gasteiger partial charge >= 0.3 is 0 Å². The Hall–Kier alpha value is -0.940. The zero-order valence-electron chi connectivity index (χ0n) is 12.1. The second-order valence-electron chi connectivity index (χ2n) is 5.64. The van der Waals surface area contributed by atoms with E-state index in [-0.39, 0.29) is 12.1 Å². The van der Waals surface area contributed by atoms with E-state index in [1.807, 2.05) is 4.68 Å². The number of aliphatic hydroxyl groups excluding tert-OH is 1. The molecular formula is C14H26N4O. The molecule has 1 aliphatic rings. The third kappa shape index (κ3) is 2.98. The molecule has 0 aliphatic heterocycles. The quantitative estimate of drug-likeness (QED) is 0.813. The number of aliphatic hydroxyl groups is 1. The third-order valence-electron chi connectivity index (χ3n) is 4.42. The molecule has 5 heteroatoms. The largest absolute Gasteiger partial charge is 0.394 e. The van der Waals surface area contributed by atoms with Gasteiger partial charge in [0, 0.05) is 24.9 Å². The molecule has 5 nitrogen and oxygen atoms in total. The van der Waals surface area contributed by atoms with Gasteiger partial charge in [-0.3, -0.25) is 0 Å². The molecule has 0 aromatic carbocycles. The zero-order chi connectivity index (χ0) is 13.9. The van der Waals surface area contributed by atoms with Gasteiger partial charge in [-0.1, -0.05) is 20.3 Å². The van der Waals surface area contributed by atoms with E-state index in [9.17, 15) is 5.11 Å². The molecule has 2 unspecified atom stereocenters. The molecular weight excluding hydrogens is 240 g/mol. The van der Waals surface area contributed by atoms with Crippen LogP contribution in [0, 0.1) is 5.92 Å². The molecule has 1 aromatic rings. The molecule has 19 heavy (non-hydrogen) atoms. The van der Waals surface area contributed by atoms with E-state index in [1.54, 1.807) is 0 Å². The van der Waals surface area contributed by atoms with Crippen molar-refractivity contribution in [1.82, 2.24) is 14.8 Å². The van der Waals surface area contributed by atoms with Crippen LogP contribution in [0.3, 0.4) is 0 Å². The summed E-state index contributed by atoms with van der Waals surface area (Å²) in [7, 11) is 0. The van der Waals surface area contributed by atoms with Crippen LogP contribution in [0.5, 0.6) is 0 Å². The molecule has 0 bridgehead atoms. The molecule has 108 valence electrons. The van der Waals surface area contributed by atoms with E-state index in [0.29, 0.717) is 5.92 Å². The summed E-state index contributed by atoms with van der Waals surface area (Å²) in [4.78, 5) is 4.52. The standard InChI is InChI=1S/C14H26N4O/c1-3-12-16-13(4-2)18(17-12)9-7-11-6-5-8-14(11,15)10-19/h11,19H,3-10,15H2,1-2H3. The van der Waals surface area contributed by atoms with Gasteiger partial charge in [0.25, 0.3) is 0 Å². The maximum Gasteiger partial charge on any atom is 0.150 e. The predicted molar refractivity (Wildman–Crippen MR) is 74.7 cm³/mol. The first-order valence-corrected chi connectivity index (χ1v) is 7.45. The molecule has 1 saturated carbocycles. The van der Waals surface area contributed by atoms with E-state index in [4.69, 9.17) is 5.73 Å². The van der Waals surface area contributed by atoms with Crippen molar-refractivity contribution in [3.8, 4) is 0 Å². The minimum Gasteiger partial charge on any atom is -0.394 e. The van der Waals surface area contributed by atoms with Gasteiger partial charge in [-0.2, -0.15) is 5.10 Å². The summed E-state index contributed by atoms with van der Waals surface area (Å²) in [6.07, 6.45) is 5.95. The van der Waals surface area contributed by atoms with Crippen LogP contribution in [0.2, 0.25) is 0 Å². The van der Waals surface area contributed by atoms with Gasteiger partial charge < -0.3 is 10.8 Å². The van der Waals surface area contributed by atoms with Gasteiger partial charge in [-0.05, 0) is 25.2 Å². The summed E-state index contributed by atoms with van der Waals surface area (Å²) in [5.74, 6) is 2.38. The van der Waals surface area contributed by atoms with E-state index < -0.39 is 0 Å². The molecule has 1 fully saturated rings. The van der Waals surface area contributed by atoms with Crippen LogP contribution in [0.25, 0.3) is 0 Å². The van der Waals surface area contributed by atoms with Crippen molar-refractivity contribution in [1.29, 1.82) is 0 Å². The van der Waals surface area contributed by atoms with Gasteiger partial charge in [0.2, 0.25) is 0 Å². The van der Waals surface area contributed by atoms with Crippen LogP contribution >= 0.6 is 0 Å². The van der Waals surface area contributed by atoms with Gasteiger partial charge in [-0.15, -0.1) is 0 Å². The van der Waals surface area contributed by atoms with Gasteiger partial charge in [0.1, 0.15) is 5.82 Å². The van der Waals surface area contributed by atoms with Gasteiger partial charge in [0.05, 0.1) is 6.61 Å². The minimum absolute atomic E-state index is 0.0931. The molecule has 2 atom stereocenters. The smallest absolute Gasteiger partial charge is 0.150 e. The third-order valence-corrected chi connectivity index (χ3v) is 4.42. The second kappa shape index (κ2) is 6.01. The molecule has 0 spiro atoms. The van der Waals surface area contributed by atoms with Gasteiger partial charge in [0.15, 0.2) is 5.82 Å². The maximum absolute atomic E-state index is 9.48. The first-order valence-electron chi connectivity index (χ1n) is 7.45. The fraction of sp³-hybridized carbons (Fsp3) is 0.857. The fourth-order valence-corrected chi connectivity index (χ4v) is 3.10. The lowest BCUT2D eigenvalue weighted by molar-refractivity contribution is 0.152. The Bertz CT molecular complexity index is 418. The number of rotatable bonds is 6. The summed E-state index contributed by atoms with van der Waals surface area (Å²) in [6, 6.07) is 0. The number of hydrogen-bond acceptors (Lipinski definition) is 4. The highest BCUT2D eigenvalue weighted by Gasteiger charge is 2.38. The van der Waals surface area contributed by atoms with Crippen LogP contribution in [0.15, 0.2) is 0 Å². The fourth-order valence-electron chi connectivity index (χ4n) is 3.10. The molecule has 1 aromatic heterocycles.